The maximum Gasteiger partial charge on any atom is 0.303 e. The Morgan fingerprint density at radius 1 is 1.28 bits per heavy atom. The summed E-state index contributed by atoms with van der Waals surface area (Å²) in [7, 11) is 3.61. The fourth-order valence-electron chi connectivity index (χ4n) is 5.52. The number of rotatable bonds is 12. The Bertz CT molecular complexity index is 1150. The van der Waals surface area contributed by atoms with Crippen molar-refractivity contribution in [1.82, 2.24) is 19.4 Å². The van der Waals surface area contributed by atoms with Gasteiger partial charge in [-0.3, -0.25) is 9.78 Å². The number of carboxylic acid groups (broad SMARTS) is 1. The molecule has 8 heteroatoms. The molecule has 3 atom stereocenters. The number of hydrogen-bond acceptors (Lipinski definition) is 5. The number of methoxy groups -OCH3 is 1. The fourth-order valence-corrected chi connectivity index (χ4v) is 5.52. The topological polar surface area (TPSA) is 80.5 Å². The second kappa shape index (κ2) is 12.3. The average Bonchev–Trinajstić information content (AvgIpc) is 3.29. The van der Waals surface area contributed by atoms with Gasteiger partial charge in [0.2, 0.25) is 0 Å². The van der Waals surface area contributed by atoms with Crippen molar-refractivity contribution in [2.24, 2.45) is 18.9 Å². The van der Waals surface area contributed by atoms with Crippen LogP contribution >= 0.6 is 0 Å². The zero-order valence-corrected chi connectivity index (χ0v) is 21.3. The molecule has 4 rings (SSSR count). The number of alkyl halides is 1. The predicted octanol–water partition coefficient (Wildman–Crippen LogP) is 5.20. The van der Waals surface area contributed by atoms with E-state index in [-0.39, 0.29) is 18.3 Å². The summed E-state index contributed by atoms with van der Waals surface area (Å²) < 4.78 is 22.8. The van der Waals surface area contributed by atoms with Crippen LogP contribution < -0.4 is 4.74 Å². The Hall–Kier alpha value is -3.00. The third kappa shape index (κ3) is 6.60. The minimum Gasteiger partial charge on any atom is -0.497 e. The molecule has 7 nitrogen and oxygen atoms in total. The van der Waals surface area contributed by atoms with Crippen molar-refractivity contribution in [3.8, 4) is 5.75 Å². The fraction of sp³-hybridized carbons (Fsp3) is 0.536. The van der Waals surface area contributed by atoms with Gasteiger partial charge < -0.3 is 19.3 Å². The van der Waals surface area contributed by atoms with Crippen molar-refractivity contribution in [2.45, 2.75) is 51.1 Å². The zero-order chi connectivity index (χ0) is 25.5. The highest BCUT2D eigenvalue weighted by Gasteiger charge is 2.31. The minimum atomic E-state index is -1.13. The lowest BCUT2D eigenvalue weighted by Crippen LogP contribution is -2.41. The lowest BCUT2D eigenvalue weighted by Gasteiger charge is -2.38. The first-order valence-corrected chi connectivity index (χ1v) is 12.9. The van der Waals surface area contributed by atoms with Crippen molar-refractivity contribution in [2.75, 3.05) is 26.7 Å². The van der Waals surface area contributed by atoms with E-state index < -0.39 is 12.1 Å². The molecule has 36 heavy (non-hydrogen) atoms. The summed E-state index contributed by atoms with van der Waals surface area (Å²) in [5.74, 6) is 0.174. The third-order valence-electron chi connectivity index (χ3n) is 7.60. The first kappa shape index (κ1) is 26.1. The van der Waals surface area contributed by atoms with Crippen LogP contribution in [0, 0.1) is 11.8 Å². The summed E-state index contributed by atoms with van der Waals surface area (Å²) in [6.45, 7) is 2.69. The summed E-state index contributed by atoms with van der Waals surface area (Å²) >= 11 is 0. The highest BCUT2D eigenvalue weighted by molar-refractivity contribution is 5.83. The van der Waals surface area contributed by atoms with Gasteiger partial charge in [-0.25, -0.2) is 9.37 Å². The number of aryl methyl sites for hydroxylation is 2. The number of ether oxygens (including phenoxy) is 1. The number of likely N-dealkylation sites (tertiary alicyclic amines) is 1. The Balaban J connectivity index is 1.32. The Morgan fingerprint density at radius 3 is 2.89 bits per heavy atom. The van der Waals surface area contributed by atoms with E-state index in [1.165, 1.54) is 5.69 Å². The number of hydrogen-bond donors (Lipinski definition) is 1. The number of piperidine rings is 1. The molecule has 1 saturated heterocycles. The molecule has 0 bridgehead atoms. The molecule has 3 heterocycles. The molecule has 194 valence electrons. The van der Waals surface area contributed by atoms with E-state index in [0.717, 1.165) is 56.2 Å². The number of carbonyl (C=O) groups is 1. The molecule has 0 saturated carbocycles. The Labute approximate surface area is 212 Å². The van der Waals surface area contributed by atoms with Crippen molar-refractivity contribution >= 4 is 16.9 Å². The van der Waals surface area contributed by atoms with Crippen molar-refractivity contribution in [3.05, 3.63) is 54.2 Å². The number of nitrogens with zero attached hydrogens (tertiary/aromatic N) is 4. The SMILES string of the molecule is COc1ccc2nccc(C(F)CC[C@@H]3CCN(CCCCc4cncn4C)C[C@@H]3CC(=O)O)c2c1. The molecule has 2 aromatic heterocycles. The summed E-state index contributed by atoms with van der Waals surface area (Å²) in [4.78, 5) is 22.5. The maximum absolute atomic E-state index is 15.5. The molecular weight excluding hydrogens is 459 g/mol. The van der Waals surface area contributed by atoms with E-state index in [1.54, 1.807) is 19.4 Å². The predicted molar refractivity (Wildman–Crippen MR) is 138 cm³/mol. The van der Waals surface area contributed by atoms with Gasteiger partial charge in [-0.1, -0.05) is 0 Å². The van der Waals surface area contributed by atoms with Crippen LogP contribution in [0.4, 0.5) is 4.39 Å². The standard InChI is InChI=1S/C28H37FN4O3/c1-32-19-30-17-22(32)5-3-4-13-33-14-11-20(21(18-33)15-28(34)35)6-8-26(29)24-10-12-31-27-9-7-23(36-2)16-25(24)27/h7,9-10,12,16-17,19-21,26H,3-6,8,11,13-15,18H2,1-2H3,(H,34,35)/t20-,21+,26?/m1/s1. The van der Waals surface area contributed by atoms with E-state index >= 15 is 4.39 Å². The molecule has 1 aliphatic rings. The monoisotopic (exact) mass is 496 g/mol. The second-order valence-corrected chi connectivity index (χ2v) is 9.99. The number of aromatic nitrogens is 3. The quantitative estimate of drug-likeness (QED) is 0.347. The molecule has 1 aromatic carbocycles. The molecule has 3 aromatic rings. The van der Waals surface area contributed by atoms with Gasteiger partial charge in [0.05, 0.1) is 19.0 Å². The summed E-state index contributed by atoms with van der Waals surface area (Å²) in [5, 5.41) is 10.3. The number of halogens is 1. The number of pyridine rings is 1. The Kier molecular flexibility index (Phi) is 8.91. The van der Waals surface area contributed by atoms with Crippen LogP contribution in [0.25, 0.3) is 10.9 Å². The lowest BCUT2D eigenvalue weighted by atomic mass is 9.79. The van der Waals surface area contributed by atoms with E-state index in [1.807, 2.05) is 37.8 Å². The van der Waals surface area contributed by atoms with E-state index in [9.17, 15) is 9.90 Å². The van der Waals surface area contributed by atoms with Gasteiger partial charge in [0.1, 0.15) is 11.9 Å². The Morgan fingerprint density at radius 2 is 2.14 bits per heavy atom. The second-order valence-electron chi connectivity index (χ2n) is 9.99. The number of benzene rings is 1. The molecular formula is C28H37FN4O3. The molecule has 0 spiro atoms. The van der Waals surface area contributed by atoms with Gasteiger partial charge >= 0.3 is 5.97 Å². The molecule has 1 unspecified atom stereocenters. The number of fused-ring (bicyclic) bond motifs is 1. The molecule has 0 radical (unpaired) electrons. The summed E-state index contributed by atoms with van der Waals surface area (Å²) in [6.07, 6.45) is 9.53. The van der Waals surface area contributed by atoms with Crippen molar-refractivity contribution < 1.29 is 19.0 Å². The molecule has 0 amide bonds. The van der Waals surface area contributed by atoms with Crippen LogP contribution in [-0.4, -0.2) is 57.3 Å². The summed E-state index contributed by atoms with van der Waals surface area (Å²) in [5.41, 5.74) is 2.61. The molecule has 1 aliphatic heterocycles. The smallest absolute Gasteiger partial charge is 0.303 e. The van der Waals surface area contributed by atoms with Gasteiger partial charge in [0.15, 0.2) is 0 Å². The van der Waals surface area contributed by atoms with Crippen LogP contribution in [-0.2, 0) is 18.3 Å². The third-order valence-corrected chi connectivity index (χ3v) is 7.60. The largest absolute Gasteiger partial charge is 0.497 e. The van der Waals surface area contributed by atoms with Crippen molar-refractivity contribution in [1.29, 1.82) is 0 Å². The first-order valence-electron chi connectivity index (χ1n) is 12.9. The van der Waals surface area contributed by atoms with Gasteiger partial charge in [-0.2, -0.15) is 0 Å². The number of unbranched alkanes of at least 4 members (excludes halogenated alkanes) is 1. The van der Waals surface area contributed by atoms with E-state index in [4.69, 9.17) is 4.74 Å². The van der Waals surface area contributed by atoms with E-state index in [0.29, 0.717) is 24.2 Å². The molecule has 1 N–H and O–H groups in total. The normalized spacial score (nSPS) is 19.4. The first-order chi connectivity index (χ1) is 17.4. The van der Waals surface area contributed by atoms with E-state index in [2.05, 4.69) is 19.4 Å². The van der Waals surface area contributed by atoms with Crippen LogP contribution in [0.3, 0.4) is 0 Å². The average molecular weight is 497 g/mol. The van der Waals surface area contributed by atoms with Crippen LogP contribution in [0.15, 0.2) is 43.0 Å². The van der Waals surface area contributed by atoms with Crippen LogP contribution in [0.2, 0.25) is 0 Å². The van der Waals surface area contributed by atoms with Crippen LogP contribution in [0.5, 0.6) is 5.75 Å². The number of aliphatic carboxylic acids is 1. The lowest BCUT2D eigenvalue weighted by molar-refractivity contribution is -0.139. The maximum atomic E-state index is 15.5. The summed E-state index contributed by atoms with van der Waals surface area (Å²) in [6, 6.07) is 7.26. The zero-order valence-electron chi connectivity index (χ0n) is 21.3. The van der Waals surface area contributed by atoms with Gasteiger partial charge in [-0.15, -0.1) is 0 Å². The van der Waals surface area contributed by atoms with Gasteiger partial charge in [-0.05, 0) is 93.3 Å². The minimum absolute atomic E-state index is 0.0507. The van der Waals surface area contributed by atoms with Crippen molar-refractivity contribution in [3.63, 3.8) is 0 Å². The van der Waals surface area contributed by atoms with Gasteiger partial charge in [0.25, 0.3) is 0 Å². The molecule has 0 aliphatic carbocycles. The van der Waals surface area contributed by atoms with Crippen LogP contribution in [0.1, 0.15) is 56.0 Å². The van der Waals surface area contributed by atoms with Gasteiger partial charge in [0, 0.05) is 43.5 Å². The highest BCUT2D eigenvalue weighted by atomic mass is 19.1. The number of imidazole rings is 1. The molecule has 1 fully saturated rings. The number of carboxylic acids is 1. The highest BCUT2D eigenvalue weighted by Crippen LogP contribution is 2.36.